The molecule has 1 heterocycles. The number of hydrogen-bond acceptors (Lipinski definition) is 2. The van der Waals surface area contributed by atoms with Crippen molar-refractivity contribution in [2.24, 2.45) is 0 Å². The van der Waals surface area contributed by atoms with Crippen molar-refractivity contribution in [1.82, 2.24) is 9.55 Å². The van der Waals surface area contributed by atoms with Crippen molar-refractivity contribution in [1.29, 1.82) is 0 Å². The Morgan fingerprint density at radius 3 is 2.67 bits per heavy atom. The first-order chi connectivity index (χ1) is 8.65. The molecule has 0 bridgehead atoms. The number of imidazole rings is 1. The number of halogens is 1. The van der Waals surface area contributed by atoms with Crippen molar-refractivity contribution in [3.63, 3.8) is 0 Å². The van der Waals surface area contributed by atoms with Gasteiger partial charge in [-0.05, 0) is 31.0 Å². The van der Waals surface area contributed by atoms with E-state index in [4.69, 9.17) is 11.6 Å². The van der Waals surface area contributed by atoms with Crippen molar-refractivity contribution < 1.29 is 4.79 Å². The van der Waals surface area contributed by atoms with Gasteiger partial charge in [0.1, 0.15) is 5.82 Å². The molecule has 0 amide bonds. The maximum atomic E-state index is 11.8. The summed E-state index contributed by atoms with van der Waals surface area (Å²) in [6, 6.07) is 7.61. The van der Waals surface area contributed by atoms with Crippen molar-refractivity contribution in [2.45, 2.75) is 26.3 Å². The van der Waals surface area contributed by atoms with Crippen LogP contribution in [0.1, 0.15) is 17.8 Å². The predicted octanol–water partition coefficient (Wildman–Crippen LogP) is 3.05. The van der Waals surface area contributed by atoms with Crippen LogP contribution in [0.25, 0.3) is 0 Å². The van der Waals surface area contributed by atoms with E-state index in [0.29, 0.717) is 13.0 Å². The zero-order valence-electron chi connectivity index (χ0n) is 10.3. The molecule has 3 nitrogen and oxygen atoms in total. The van der Waals surface area contributed by atoms with Crippen molar-refractivity contribution in [3.8, 4) is 0 Å². The Morgan fingerprint density at radius 1 is 1.33 bits per heavy atom. The number of benzene rings is 1. The molecule has 2 rings (SSSR count). The molecule has 18 heavy (non-hydrogen) atoms. The van der Waals surface area contributed by atoms with Gasteiger partial charge >= 0.3 is 0 Å². The van der Waals surface area contributed by atoms with Crippen LogP contribution in [0.3, 0.4) is 0 Å². The third-order valence-electron chi connectivity index (χ3n) is 2.88. The van der Waals surface area contributed by atoms with Crippen LogP contribution in [0.4, 0.5) is 0 Å². The molecule has 0 aliphatic heterocycles. The van der Waals surface area contributed by atoms with E-state index < -0.39 is 0 Å². The van der Waals surface area contributed by atoms with Gasteiger partial charge in [0.2, 0.25) is 0 Å². The summed E-state index contributed by atoms with van der Waals surface area (Å²) in [6.45, 7) is 2.30. The minimum atomic E-state index is 0.214. The van der Waals surface area contributed by atoms with Gasteiger partial charge in [-0.25, -0.2) is 4.98 Å². The number of carbonyl (C=O) groups excluding carboxylic acids is 1. The summed E-state index contributed by atoms with van der Waals surface area (Å²) in [5.74, 6) is 1.08. The molecule has 1 aromatic carbocycles. The van der Waals surface area contributed by atoms with E-state index in [1.165, 1.54) is 0 Å². The highest BCUT2D eigenvalue weighted by molar-refractivity contribution is 6.30. The molecule has 2 aromatic rings. The van der Waals surface area contributed by atoms with E-state index in [1.54, 1.807) is 6.20 Å². The van der Waals surface area contributed by atoms with Crippen LogP contribution in [0.2, 0.25) is 5.02 Å². The predicted molar refractivity (Wildman–Crippen MR) is 71.7 cm³/mol. The molecule has 1 aromatic heterocycles. The van der Waals surface area contributed by atoms with Gasteiger partial charge in [-0.15, -0.1) is 0 Å². The molecule has 4 heteroatoms. The lowest BCUT2D eigenvalue weighted by atomic mass is 10.1. The highest BCUT2D eigenvalue weighted by Gasteiger charge is 2.05. The van der Waals surface area contributed by atoms with Gasteiger partial charge in [0.15, 0.2) is 5.78 Å². The number of rotatable bonds is 5. The Morgan fingerprint density at radius 2 is 2.06 bits per heavy atom. The number of carbonyl (C=O) groups is 1. The zero-order chi connectivity index (χ0) is 13.0. The highest BCUT2D eigenvalue weighted by Crippen LogP contribution is 2.11. The number of nitrogens with zero attached hydrogens (tertiary/aromatic N) is 2. The fraction of sp³-hybridized carbons (Fsp3) is 0.286. The fourth-order valence-electron chi connectivity index (χ4n) is 1.77. The Kier molecular flexibility index (Phi) is 4.15. The lowest BCUT2D eigenvalue weighted by molar-refractivity contribution is -0.119. The first kappa shape index (κ1) is 12.8. The average Bonchev–Trinajstić information content (AvgIpc) is 2.74. The quantitative estimate of drug-likeness (QED) is 0.830. The van der Waals surface area contributed by atoms with Crippen molar-refractivity contribution in [3.05, 3.63) is 53.1 Å². The minimum absolute atomic E-state index is 0.214. The first-order valence-electron chi connectivity index (χ1n) is 5.89. The monoisotopic (exact) mass is 262 g/mol. The van der Waals surface area contributed by atoms with Crippen LogP contribution in [0.5, 0.6) is 0 Å². The zero-order valence-corrected chi connectivity index (χ0v) is 11.0. The van der Waals surface area contributed by atoms with Crippen LogP contribution < -0.4 is 0 Å². The smallest absolute Gasteiger partial charge is 0.152 e. The Balaban J connectivity index is 1.85. The van der Waals surface area contributed by atoms with Gasteiger partial charge in [0.25, 0.3) is 0 Å². The molecule has 0 aliphatic carbocycles. The van der Waals surface area contributed by atoms with Crippen LogP contribution in [-0.2, 0) is 17.8 Å². The standard InChI is InChI=1S/C14H15ClN2O/c1-11-16-8-9-17(11)10-14(18)7-4-12-2-5-13(15)6-3-12/h2-3,5-6,8-9H,4,7,10H2,1H3. The van der Waals surface area contributed by atoms with Crippen LogP contribution in [0, 0.1) is 6.92 Å². The third kappa shape index (κ3) is 3.44. The maximum Gasteiger partial charge on any atom is 0.152 e. The Labute approximate surface area is 111 Å². The van der Waals surface area contributed by atoms with E-state index >= 15 is 0 Å². The number of aromatic nitrogens is 2. The molecule has 0 radical (unpaired) electrons. The summed E-state index contributed by atoms with van der Waals surface area (Å²) in [5.41, 5.74) is 1.13. The van der Waals surface area contributed by atoms with Crippen molar-refractivity contribution >= 4 is 17.4 Å². The molecular weight excluding hydrogens is 248 g/mol. The number of aryl methyl sites for hydroxylation is 2. The largest absolute Gasteiger partial charge is 0.328 e. The Hall–Kier alpha value is -1.61. The van der Waals surface area contributed by atoms with E-state index in [1.807, 2.05) is 42.0 Å². The van der Waals surface area contributed by atoms with Gasteiger partial charge in [0, 0.05) is 23.8 Å². The summed E-state index contributed by atoms with van der Waals surface area (Å²) in [6.07, 6.45) is 4.83. The molecule has 94 valence electrons. The molecule has 0 N–H and O–H groups in total. The van der Waals surface area contributed by atoms with Gasteiger partial charge in [-0.3, -0.25) is 4.79 Å². The van der Waals surface area contributed by atoms with Gasteiger partial charge < -0.3 is 4.57 Å². The molecule has 0 saturated carbocycles. The summed E-state index contributed by atoms with van der Waals surface area (Å²) >= 11 is 5.81. The van der Waals surface area contributed by atoms with E-state index in [-0.39, 0.29) is 5.78 Å². The second-order valence-corrected chi connectivity index (χ2v) is 4.70. The normalized spacial score (nSPS) is 10.6. The van der Waals surface area contributed by atoms with Gasteiger partial charge in [-0.1, -0.05) is 23.7 Å². The van der Waals surface area contributed by atoms with Crippen molar-refractivity contribution in [2.75, 3.05) is 0 Å². The van der Waals surface area contributed by atoms with E-state index in [0.717, 1.165) is 22.8 Å². The lowest BCUT2D eigenvalue weighted by Crippen LogP contribution is -2.11. The van der Waals surface area contributed by atoms with Gasteiger partial charge in [0.05, 0.1) is 6.54 Å². The van der Waals surface area contributed by atoms with Gasteiger partial charge in [-0.2, -0.15) is 0 Å². The molecular formula is C14H15ClN2O. The summed E-state index contributed by atoms with van der Waals surface area (Å²) in [4.78, 5) is 15.9. The molecule has 0 aliphatic rings. The highest BCUT2D eigenvalue weighted by atomic mass is 35.5. The SMILES string of the molecule is Cc1nccn1CC(=O)CCc1ccc(Cl)cc1. The molecule has 0 atom stereocenters. The average molecular weight is 263 g/mol. The second-order valence-electron chi connectivity index (χ2n) is 4.27. The minimum Gasteiger partial charge on any atom is -0.328 e. The number of ketones is 1. The maximum absolute atomic E-state index is 11.8. The Bertz CT molecular complexity index is 531. The number of Topliss-reactive ketones (excluding diaryl/α,β-unsaturated/α-hetero) is 1. The molecule has 0 spiro atoms. The summed E-state index contributed by atoms with van der Waals surface area (Å²) < 4.78 is 1.87. The topological polar surface area (TPSA) is 34.9 Å². The second kappa shape index (κ2) is 5.83. The first-order valence-corrected chi connectivity index (χ1v) is 6.27. The van der Waals surface area contributed by atoms with Crippen LogP contribution in [0.15, 0.2) is 36.7 Å². The van der Waals surface area contributed by atoms with E-state index in [2.05, 4.69) is 4.98 Å². The van der Waals surface area contributed by atoms with Crippen LogP contribution >= 0.6 is 11.6 Å². The number of hydrogen-bond donors (Lipinski definition) is 0. The van der Waals surface area contributed by atoms with Crippen LogP contribution in [-0.4, -0.2) is 15.3 Å². The van der Waals surface area contributed by atoms with E-state index in [9.17, 15) is 4.79 Å². The lowest BCUT2D eigenvalue weighted by Gasteiger charge is -2.04. The fourth-order valence-corrected chi connectivity index (χ4v) is 1.90. The third-order valence-corrected chi connectivity index (χ3v) is 3.13. The molecule has 0 saturated heterocycles. The summed E-state index contributed by atoms with van der Waals surface area (Å²) in [5, 5.41) is 0.721. The molecule has 0 fully saturated rings. The summed E-state index contributed by atoms with van der Waals surface area (Å²) in [7, 11) is 0. The molecule has 0 unspecified atom stereocenters.